The molecule has 0 spiro atoms. The summed E-state index contributed by atoms with van der Waals surface area (Å²) in [5, 5.41) is 20.3. The number of hydrogen-bond acceptors (Lipinski definition) is 5. The number of amides is 1. The van der Waals surface area contributed by atoms with Crippen LogP contribution in [0.5, 0.6) is 11.5 Å². The summed E-state index contributed by atoms with van der Waals surface area (Å²) in [5.41, 5.74) is 4.99. The van der Waals surface area contributed by atoms with Gasteiger partial charge in [-0.2, -0.15) is 10.2 Å². The first-order chi connectivity index (χ1) is 12.2. The minimum absolute atomic E-state index is 0.0367. The fourth-order valence-electron chi connectivity index (χ4n) is 2.20. The Morgan fingerprint density at radius 2 is 2.04 bits per heavy atom. The van der Waals surface area contributed by atoms with E-state index >= 15 is 0 Å². The van der Waals surface area contributed by atoms with Gasteiger partial charge in [-0.05, 0) is 29.8 Å². The van der Waals surface area contributed by atoms with Crippen molar-refractivity contribution in [1.29, 1.82) is 0 Å². The second-order valence-electron chi connectivity index (χ2n) is 5.16. The Labute approximate surface area is 144 Å². The lowest BCUT2D eigenvalue weighted by Crippen LogP contribution is -2.18. The Kier molecular flexibility index (Phi) is 4.75. The lowest BCUT2D eigenvalue weighted by molar-refractivity contribution is 0.0950. The number of methoxy groups -OCH3 is 1. The molecule has 1 amide bonds. The number of benzene rings is 2. The number of carbonyl (C=O) groups excluding carboxylic acids is 1. The van der Waals surface area contributed by atoms with Crippen LogP contribution in [0.4, 0.5) is 0 Å². The third-order valence-electron chi connectivity index (χ3n) is 3.48. The zero-order chi connectivity index (χ0) is 17.6. The molecule has 0 saturated carbocycles. The molecule has 0 aliphatic heterocycles. The van der Waals surface area contributed by atoms with Crippen LogP contribution in [0.2, 0.25) is 0 Å². The lowest BCUT2D eigenvalue weighted by atomic mass is 10.1. The van der Waals surface area contributed by atoms with Gasteiger partial charge in [-0.3, -0.25) is 9.89 Å². The molecule has 3 rings (SSSR count). The molecule has 0 radical (unpaired) electrons. The number of aromatic amines is 1. The van der Waals surface area contributed by atoms with Crippen molar-refractivity contribution in [3.8, 4) is 22.8 Å². The molecule has 0 fully saturated rings. The molecule has 0 saturated heterocycles. The number of ether oxygens (including phenoxy) is 1. The van der Waals surface area contributed by atoms with Crippen LogP contribution in [0.3, 0.4) is 0 Å². The summed E-state index contributed by atoms with van der Waals surface area (Å²) in [6.07, 6.45) is 1.45. The van der Waals surface area contributed by atoms with Crippen molar-refractivity contribution in [1.82, 2.24) is 15.6 Å². The van der Waals surface area contributed by atoms with Crippen molar-refractivity contribution in [2.45, 2.75) is 0 Å². The molecular weight excluding hydrogens is 320 g/mol. The van der Waals surface area contributed by atoms with E-state index in [4.69, 9.17) is 4.74 Å². The van der Waals surface area contributed by atoms with Crippen molar-refractivity contribution >= 4 is 12.1 Å². The number of aromatic nitrogens is 2. The highest BCUT2D eigenvalue weighted by Gasteiger charge is 2.10. The molecular formula is C18H16N4O3. The van der Waals surface area contributed by atoms with E-state index in [1.807, 2.05) is 30.3 Å². The highest BCUT2D eigenvalue weighted by Crippen LogP contribution is 2.25. The van der Waals surface area contributed by atoms with Gasteiger partial charge >= 0.3 is 0 Å². The van der Waals surface area contributed by atoms with Crippen molar-refractivity contribution in [3.63, 3.8) is 0 Å². The predicted octanol–water partition coefficient (Wildman–Crippen LogP) is 2.55. The third-order valence-corrected chi connectivity index (χ3v) is 3.48. The standard InChI is InChI=1S/C18H16N4O3/c1-25-17-9-12(7-8-16(17)23)11-19-22-18(24)15-10-14(20-21-15)13-5-3-2-4-6-13/h2-11,23H,1H3,(H,20,21)(H,22,24)/b19-11+. The number of rotatable bonds is 5. The molecule has 3 aromatic rings. The number of H-pyrrole nitrogens is 1. The van der Waals surface area contributed by atoms with Gasteiger partial charge in [0, 0.05) is 5.56 Å². The van der Waals surface area contributed by atoms with E-state index in [2.05, 4.69) is 20.7 Å². The highest BCUT2D eigenvalue weighted by molar-refractivity contribution is 5.94. The van der Waals surface area contributed by atoms with E-state index in [1.54, 1.807) is 18.2 Å². The van der Waals surface area contributed by atoms with Crippen LogP contribution in [0.15, 0.2) is 59.7 Å². The number of nitrogens with zero attached hydrogens (tertiary/aromatic N) is 2. The normalized spacial score (nSPS) is 10.8. The predicted molar refractivity (Wildman–Crippen MR) is 93.7 cm³/mol. The Bertz CT molecular complexity index is 904. The summed E-state index contributed by atoms with van der Waals surface area (Å²) in [7, 11) is 1.46. The zero-order valence-electron chi connectivity index (χ0n) is 13.4. The van der Waals surface area contributed by atoms with Crippen LogP contribution in [0.1, 0.15) is 16.1 Å². The Balaban J connectivity index is 1.66. The smallest absolute Gasteiger partial charge is 0.289 e. The molecule has 0 aliphatic carbocycles. The topological polar surface area (TPSA) is 99.6 Å². The van der Waals surface area contributed by atoms with Crippen molar-refractivity contribution in [2.75, 3.05) is 7.11 Å². The molecule has 1 aromatic heterocycles. The minimum atomic E-state index is -0.406. The van der Waals surface area contributed by atoms with Gasteiger partial charge in [-0.15, -0.1) is 0 Å². The minimum Gasteiger partial charge on any atom is -0.504 e. The van der Waals surface area contributed by atoms with Crippen LogP contribution in [-0.2, 0) is 0 Å². The Morgan fingerprint density at radius 3 is 2.80 bits per heavy atom. The van der Waals surface area contributed by atoms with Gasteiger partial charge in [0.15, 0.2) is 11.5 Å². The molecule has 7 nitrogen and oxygen atoms in total. The van der Waals surface area contributed by atoms with Gasteiger partial charge < -0.3 is 9.84 Å². The third kappa shape index (κ3) is 3.84. The molecule has 7 heteroatoms. The zero-order valence-corrected chi connectivity index (χ0v) is 13.4. The average Bonchev–Trinajstić information content (AvgIpc) is 3.14. The maximum absolute atomic E-state index is 12.1. The van der Waals surface area contributed by atoms with Gasteiger partial charge in [0.25, 0.3) is 5.91 Å². The van der Waals surface area contributed by atoms with Crippen molar-refractivity contribution < 1.29 is 14.6 Å². The summed E-state index contributed by atoms with van der Waals surface area (Å²) in [5.74, 6) is -0.0393. The molecule has 0 atom stereocenters. The lowest BCUT2D eigenvalue weighted by Gasteiger charge is -2.03. The maximum Gasteiger partial charge on any atom is 0.289 e. The summed E-state index contributed by atoms with van der Waals surface area (Å²) >= 11 is 0. The average molecular weight is 336 g/mol. The number of hydrogen-bond donors (Lipinski definition) is 3. The number of hydrazone groups is 1. The van der Waals surface area contributed by atoms with Gasteiger partial charge in [0.1, 0.15) is 5.69 Å². The Morgan fingerprint density at radius 1 is 1.24 bits per heavy atom. The first-order valence-electron chi connectivity index (χ1n) is 7.48. The molecule has 2 aromatic carbocycles. The molecule has 25 heavy (non-hydrogen) atoms. The maximum atomic E-state index is 12.1. The number of phenols is 1. The van der Waals surface area contributed by atoms with Gasteiger partial charge in [0.2, 0.25) is 0 Å². The first kappa shape index (κ1) is 16.3. The molecule has 0 unspecified atom stereocenters. The number of carbonyl (C=O) groups is 1. The fraction of sp³-hybridized carbons (Fsp3) is 0.0556. The molecule has 3 N–H and O–H groups in total. The quantitative estimate of drug-likeness (QED) is 0.492. The second-order valence-corrected chi connectivity index (χ2v) is 5.16. The van der Waals surface area contributed by atoms with Gasteiger partial charge in [0.05, 0.1) is 19.0 Å². The van der Waals surface area contributed by atoms with Crippen molar-refractivity contribution in [3.05, 3.63) is 65.9 Å². The van der Waals surface area contributed by atoms with Crippen LogP contribution in [-0.4, -0.2) is 34.5 Å². The van der Waals surface area contributed by atoms with E-state index in [9.17, 15) is 9.90 Å². The molecule has 0 aliphatic rings. The SMILES string of the molecule is COc1cc(/C=N/NC(=O)c2cc(-c3ccccc3)n[nH]2)ccc1O. The molecule has 0 bridgehead atoms. The molecule has 126 valence electrons. The fourth-order valence-corrected chi connectivity index (χ4v) is 2.20. The van der Waals surface area contributed by atoms with Crippen molar-refractivity contribution in [2.24, 2.45) is 5.10 Å². The van der Waals surface area contributed by atoms with Gasteiger partial charge in [-0.25, -0.2) is 5.43 Å². The summed E-state index contributed by atoms with van der Waals surface area (Å²) in [4.78, 5) is 12.1. The highest BCUT2D eigenvalue weighted by atomic mass is 16.5. The van der Waals surface area contributed by atoms with Crippen LogP contribution >= 0.6 is 0 Å². The van der Waals surface area contributed by atoms with E-state index in [-0.39, 0.29) is 5.75 Å². The van der Waals surface area contributed by atoms with Crippen LogP contribution in [0.25, 0.3) is 11.3 Å². The summed E-state index contributed by atoms with van der Waals surface area (Å²) in [6, 6.07) is 15.9. The van der Waals surface area contributed by atoms with Crippen LogP contribution < -0.4 is 10.2 Å². The monoisotopic (exact) mass is 336 g/mol. The van der Waals surface area contributed by atoms with Crippen LogP contribution in [0, 0.1) is 0 Å². The molecule has 1 heterocycles. The number of aromatic hydroxyl groups is 1. The number of phenolic OH excluding ortho intramolecular Hbond substituents is 1. The number of nitrogens with one attached hydrogen (secondary N) is 2. The first-order valence-corrected chi connectivity index (χ1v) is 7.48. The van der Waals surface area contributed by atoms with Gasteiger partial charge in [-0.1, -0.05) is 30.3 Å². The van der Waals surface area contributed by atoms with E-state index < -0.39 is 5.91 Å². The second kappa shape index (κ2) is 7.31. The summed E-state index contributed by atoms with van der Waals surface area (Å²) < 4.78 is 5.01. The largest absolute Gasteiger partial charge is 0.504 e. The van der Waals surface area contributed by atoms with E-state index in [1.165, 1.54) is 19.4 Å². The Hall–Kier alpha value is -3.61. The van der Waals surface area contributed by atoms with E-state index in [0.29, 0.717) is 22.7 Å². The van der Waals surface area contributed by atoms with E-state index in [0.717, 1.165) is 5.56 Å². The summed E-state index contributed by atoms with van der Waals surface area (Å²) in [6.45, 7) is 0.